The van der Waals surface area contributed by atoms with Gasteiger partial charge in [-0.1, -0.05) is 0 Å². The van der Waals surface area contributed by atoms with Crippen LogP contribution in [0.15, 0.2) is 0 Å². The van der Waals surface area contributed by atoms with Crippen molar-refractivity contribution in [3.8, 4) is 0 Å². The molecule has 18 heavy (non-hydrogen) atoms. The molecule has 1 atom stereocenters. The molecule has 0 aromatic rings. The number of nitrogens with zero attached hydrogens (tertiary/aromatic N) is 2. The molecule has 0 saturated carbocycles. The lowest BCUT2D eigenvalue weighted by atomic mass is 9.72. The van der Waals surface area contributed by atoms with Crippen LogP contribution in [0.2, 0.25) is 0 Å². The highest BCUT2D eigenvalue weighted by molar-refractivity contribution is 7.99. The number of piperidine rings is 2. The largest absolute Gasteiger partial charge is 0.301 e. The van der Waals surface area contributed by atoms with Crippen molar-refractivity contribution in [2.75, 3.05) is 32.4 Å². The van der Waals surface area contributed by atoms with E-state index in [4.69, 9.17) is 0 Å². The quantitative estimate of drug-likeness (QED) is 0.777. The summed E-state index contributed by atoms with van der Waals surface area (Å²) in [6.07, 6.45) is 7.96. The molecule has 2 rings (SSSR count). The lowest BCUT2D eigenvalue weighted by Crippen LogP contribution is -2.52. The van der Waals surface area contributed by atoms with Gasteiger partial charge in [0.15, 0.2) is 0 Å². The summed E-state index contributed by atoms with van der Waals surface area (Å²) in [6.45, 7) is 12.3. The first kappa shape index (κ1) is 14.7. The second kappa shape index (κ2) is 6.15. The number of hydrogen-bond acceptors (Lipinski definition) is 3. The van der Waals surface area contributed by atoms with E-state index in [0.717, 1.165) is 6.04 Å². The molecule has 0 aliphatic carbocycles. The fourth-order valence-corrected chi connectivity index (χ4v) is 4.11. The number of thioether (sulfide) groups is 1. The van der Waals surface area contributed by atoms with E-state index < -0.39 is 0 Å². The van der Waals surface area contributed by atoms with Gasteiger partial charge >= 0.3 is 0 Å². The van der Waals surface area contributed by atoms with Gasteiger partial charge in [0.2, 0.25) is 0 Å². The second-order valence-corrected chi connectivity index (χ2v) is 7.69. The van der Waals surface area contributed by atoms with E-state index in [1.54, 1.807) is 0 Å². The predicted molar refractivity (Wildman–Crippen MR) is 82.2 cm³/mol. The molecule has 106 valence electrons. The van der Waals surface area contributed by atoms with Crippen LogP contribution in [0.25, 0.3) is 0 Å². The first-order valence-corrected chi connectivity index (χ1v) is 8.86. The third kappa shape index (κ3) is 3.23. The van der Waals surface area contributed by atoms with E-state index in [1.165, 1.54) is 51.9 Å². The zero-order valence-electron chi connectivity index (χ0n) is 12.6. The van der Waals surface area contributed by atoms with Crippen molar-refractivity contribution in [2.45, 2.75) is 57.9 Å². The van der Waals surface area contributed by atoms with Gasteiger partial charge in [-0.25, -0.2) is 0 Å². The van der Waals surface area contributed by atoms with Crippen molar-refractivity contribution in [3.63, 3.8) is 0 Å². The molecule has 1 unspecified atom stereocenters. The summed E-state index contributed by atoms with van der Waals surface area (Å²) in [7, 11) is 0. The van der Waals surface area contributed by atoms with Crippen molar-refractivity contribution < 1.29 is 0 Å². The van der Waals surface area contributed by atoms with E-state index in [0.29, 0.717) is 10.8 Å². The lowest BCUT2D eigenvalue weighted by molar-refractivity contribution is 0.0132. The summed E-state index contributed by atoms with van der Waals surface area (Å²) in [5, 5.41) is 0.699. The third-order valence-electron chi connectivity index (χ3n) is 5.14. The highest BCUT2D eigenvalue weighted by Gasteiger charge is 2.39. The average molecular weight is 270 g/mol. The Morgan fingerprint density at radius 1 is 0.944 bits per heavy atom. The normalized spacial score (nSPS) is 27.8. The van der Waals surface area contributed by atoms with Gasteiger partial charge in [0.25, 0.3) is 0 Å². The Bertz CT molecular complexity index is 259. The maximum Gasteiger partial charge on any atom is 0.0526 e. The number of likely N-dealkylation sites (tertiary alicyclic amines) is 2. The molecule has 2 saturated heterocycles. The second-order valence-electron chi connectivity index (χ2n) is 6.54. The first-order valence-electron chi connectivity index (χ1n) is 7.57. The Morgan fingerprint density at radius 2 is 1.61 bits per heavy atom. The fourth-order valence-electron chi connectivity index (χ4n) is 3.63. The van der Waals surface area contributed by atoms with Crippen LogP contribution in [0.1, 0.15) is 46.5 Å². The van der Waals surface area contributed by atoms with E-state index >= 15 is 0 Å². The van der Waals surface area contributed by atoms with Crippen LogP contribution >= 0.6 is 11.8 Å². The summed E-state index contributed by atoms with van der Waals surface area (Å²) in [5.74, 6) is 0. The molecule has 2 aliphatic heterocycles. The van der Waals surface area contributed by atoms with Gasteiger partial charge < -0.3 is 4.90 Å². The molecule has 3 heteroatoms. The molecule has 2 aliphatic rings. The van der Waals surface area contributed by atoms with Crippen LogP contribution in [0.5, 0.6) is 0 Å². The van der Waals surface area contributed by atoms with E-state index in [2.05, 4.69) is 36.8 Å². The van der Waals surface area contributed by atoms with Gasteiger partial charge in [0.1, 0.15) is 0 Å². The van der Waals surface area contributed by atoms with Gasteiger partial charge in [-0.3, -0.25) is 4.90 Å². The van der Waals surface area contributed by atoms with Gasteiger partial charge in [0, 0.05) is 12.6 Å². The van der Waals surface area contributed by atoms with Crippen molar-refractivity contribution in [1.29, 1.82) is 0 Å². The van der Waals surface area contributed by atoms with Crippen LogP contribution in [-0.4, -0.2) is 53.7 Å². The van der Waals surface area contributed by atoms with Gasteiger partial charge in [0.05, 0.1) is 5.37 Å². The fraction of sp³-hybridized carbons (Fsp3) is 1.00. The standard InChI is InChI=1S/C15H30N2S/c1-13(2)16-10-7-15(8-11-16)6-5-9-17(12-15)14(3)18-4/h13-14H,5-12H2,1-4H3. The molecule has 0 amide bonds. The van der Waals surface area contributed by atoms with E-state index in [-0.39, 0.29) is 0 Å². The maximum absolute atomic E-state index is 2.72. The predicted octanol–water partition coefficient (Wildman–Crippen LogP) is 3.28. The van der Waals surface area contributed by atoms with Crippen molar-refractivity contribution in [1.82, 2.24) is 9.80 Å². The van der Waals surface area contributed by atoms with Crippen LogP contribution in [-0.2, 0) is 0 Å². The minimum absolute atomic E-state index is 0.646. The monoisotopic (exact) mass is 270 g/mol. The summed E-state index contributed by atoms with van der Waals surface area (Å²) < 4.78 is 0. The number of rotatable bonds is 3. The van der Waals surface area contributed by atoms with E-state index in [1.807, 2.05) is 11.8 Å². The molecule has 2 heterocycles. The van der Waals surface area contributed by atoms with Gasteiger partial charge in [-0.2, -0.15) is 0 Å². The summed E-state index contributed by atoms with van der Waals surface area (Å²) >= 11 is 2.00. The Kier molecular flexibility index (Phi) is 5.01. The zero-order chi connectivity index (χ0) is 13.2. The average Bonchev–Trinajstić information content (AvgIpc) is 2.38. The summed E-state index contributed by atoms with van der Waals surface area (Å²) in [6, 6.07) is 0.729. The van der Waals surface area contributed by atoms with Crippen molar-refractivity contribution in [2.24, 2.45) is 5.41 Å². The Morgan fingerprint density at radius 3 is 2.17 bits per heavy atom. The lowest BCUT2D eigenvalue weighted by Gasteiger charge is -2.49. The highest BCUT2D eigenvalue weighted by Crippen LogP contribution is 2.41. The number of hydrogen-bond donors (Lipinski definition) is 0. The SMILES string of the molecule is CSC(C)N1CCCC2(CCN(C(C)C)CC2)C1. The first-order chi connectivity index (χ1) is 8.56. The van der Waals surface area contributed by atoms with E-state index in [9.17, 15) is 0 Å². The highest BCUT2D eigenvalue weighted by atomic mass is 32.2. The Labute approximate surface area is 117 Å². The topological polar surface area (TPSA) is 6.48 Å². The molecule has 0 bridgehead atoms. The van der Waals surface area contributed by atoms with Crippen LogP contribution in [0, 0.1) is 5.41 Å². The summed E-state index contributed by atoms with van der Waals surface area (Å²) in [4.78, 5) is 5.38. The molecule has 2 nitrogen and oxygen atoms in total. The van der Waals surface area contributed by atoms with Crippen LogP contribution < -0.4 is 0 Å². The molecule has 0 N–H and O–H groups in total. The minimum atomic E-state index is 0.646. The molecule has 0 aromatic heterocycles. The smallest absolute Gasteiger partial charge is 0.0526 e. The van der Waals surface area contributed by atoms with Crippen molar-refractivity contribution in [3.05, 3.63) is 0 Å². The van der Waals surface area contributed by atoms with Crippen LogP contribution in [0.4, 0.5) is 0 Å². The Balaban J connectivity index is 1.92. The Hall–Kier alpha value is 0.270. The molecular weight excluding hydrogens is 240 g/mol. The van der Waals surface area contributed by atoms with Crippen molar-refractivity contribution >= 4 is 11.8 Å². The molecule has 0 radical (unpaired) electrons. The third-order valence-corrected chi connectivity index (χ3v) is 6.12. The van der Waals surface area contributed by atoms with Gasteiger partial charge in [-0.05, 0) is 77.8 Å². The molecule has 1 spiro atoms. The van der Waals surface area contributed by atoms with Gasteiger partial charge in [-0.15, -0.1) is 11.8 Å². The molecule has 2 fully saturated rings. The maximum atomic E-state index is 2.72. The molecular formula is C15H30N2S. The summed E-state index contributed by atoms with van der Waals surface area (Å²) in [5.41, 5.74) is 0.646. The zero-order valence-corrected chi connectivity index (χ0v) is 13.4. The van der Waals surface area contributed by atoms with Crippen LogP contribution in [0.3, 0.4) is 0 Å². The molecule has 0 aromatic carbocycles. The minimum Gasteiger partial charge on any atom is -0.301 e.